The maximum absolute atomic E-state index is 10.1. The summed E-state index contributed by atoms with van der Waals surface area (Å²) in [7, 11) is 0. The van der Waals surface area contributed by atoms with Gasteiger partial charge in [-0.25, -0.2) is 0 Å². The summed E-state index contributed by atoms with van der Waals surface area (Å²) >= 11 is 0. The lowest BCUT2D eigenvalue weighted by molar-refractivity contribution is 0.476. The molecule has 0 heterocycles. The highest BCUT2D eigenvalue weighted by Gasteiger charge is 2.05. The molecule has 0 spiro atoms. The van der Waals surface area contributed by atoms with E-state index in [2.05, 4.69) is 6.58 Å². The van der Waals surface area contributed by atoms with Crippen molar-refractivity contribution in [2.45, 2.75) is 13.3 Å². The summed E-state index contributed by atoms with van der Waals surface area (Å²) < 4.78 is 0. The van der Waals surface area contributed by atoms with Crippen molar-refractivity contribution in [2.75, 3.05) is 0 Å². The lowest BCUT2D eigenvalue weighted by atomic mass is 10.0. The van der Waals surface area contributed by atoms with Crippen molar-refractivity contribution < 1.29 is 5.11 Å². The fraction of sp³-hybridized carbons (Fsp3) is 0.143. The Bertz CT molecular complexity index is 512. The first kappa shape index (κ1) is 9.78. The molecule has 0 aromatic heterocycles. The second-order valence-electron chi connectivity index (χ2n) is 3.93. The van der Waals surface area contributed by atoms with E-state index < -0.39 is 0 Å². The molecule has 2 aromatic carbocycles. The molecule has 0 bridgehead atoms. The fourth-order valence-electron chi connectivity index (χ4n) is 1.77. The van der Waals surface area contributed by atoms with Crippen molar-refractivity contribution in [2.24, 2.45) is 0 Å². The van der Waals surface area contributed by atoms with Crippen LogP contribution in [0, 0.1) is 0 Å². The van der Waals surface area contributed by atoms with E-state index in [0.717, 1.165) is 28.3 Å². The molecule has 0 aliphatic heterocycles. The smallest absolute Gasteiger partial charge is 0.126 e. The minimum atomic E-state index is 0.385. The average Bonchev–Trinajstić information content (AvgIpc) is 2.22. The molecule has 1 heteroatoms. The molecule has 2 rings (SSSR count). The molecule has 0 saturated heterocycles. The highest BCUT2D eigenvalue weighted by Crippen LogP contribution is 2.29. The summed E-state index contributed by atoms with van der Waals surface area (Å²) in [6.07, 6.45) is 0.733. The van der Waals surface area contributed by atoms with Crippen molar-refractivity contribution in [1.29, 1.82) is 0 Å². The molecular weight excluding hydrogens is 184 g/mol. The summed E-state index contributed by atoms with van der Waals surface area (Å²) in [5.74, 6) is 0.385. The van der Waals surface area contributed by atoms with Crippen LogP contribution in [0.4, 0.5) is 0 Å². The number of fused-ring (bicyclic) bond motifs is 1. The van der Waals surface area contributed by atoms with Gasteiger partial charge in [0.05, 0.1) is 0 Å². The molecule has 0 unspecified atom stereocenters. The van der Waals surface area contributed by atoms with E-state index in [1.54, 1.807) is 0 Å². The standard InChI is InChI=1S/C14H14O/c1-10(2)9-12-8-7-11-5-3-4-6-13(11)14(12)15/h3-8,15H,1,9H2,2H3. The number of aromatic hydroxyl groups is 1. The first-order chi connectivity index (χ1) is 7.18. The fourth-order valence-corrected chi connectivity index (χ4v) is 1.77. The largest absolute Gasteiger partial charge is 0.507 e. The summed E-state index contributed by atoms with van der Waals surface area (Å²) in [4.78, 5) is 0. The van der Waals surface area contributed by atoms with Gasteiger partial charge in [-0.3, -0.25) is 0 Å². The van der Waals surface area contributed by atoms with Crippen LogP contribution in [0.2, 0.25) is 0 Å². The Morgan fingerprint density at radius 2 is 1.93 bits per heavy atom. The number of rotatable bonds is 2. The number of phenolic OH excluding ortho intramolecular Hbond substituents is 1. The predicted molar refractivity (Wildman–Crippen MR) is 64.1 cm³/mol. The third-order valence-corrected chi connectivity index (χ3v) is 2.48. The van der Waals surface area contributed by atoms with Gasteiger partial charge >= 0.3 is 0 Å². The molecule has 0 fully saturated rings. The number of allylic oxidation sites excluding steroid dienone is 1. The molecule has 76 valence electrons. The van der Waals surface area contributed by atoms with Gasteiger partial charge in [-0.15, -0.1) is 0 Å². The quantitative estimate of drug-likeness (QED) is 0.730. The number of hydrogen-bond donors (Lipinski definition) is 1. The van der Waals surface area contributed by atoms with Crippen molar-refractivity contribution in [3.63, 3.8) is 0 Å². The Labute approximate surface area is 89.7 Å². The van der Waals surface area contributed by atoms with E-state index in [1.165, 1.54) is 0 Å². The average molecular weight is 198 g/mol. The van der Waals surface area contributed by atoms with E-state index in [9.17, 15) is 5.11 Å². The second-order valence-corrected chi connectivity index (χ2v) is 3.93. The van der Waals surface area contributed by atoms with E-state index >= 15 is 0 Å². The first-order valence-electron chi connectivity index (χ1n) is 5.02. The third-order valence-electron chi connectivity index (χ3n) is 2.48. The van der Waals surface area contributed by atoms with Crippen LogP contribution in [-0.4, -0.2) is 5.11 Å². The summed E-state index contributed by atoms with van der Waals surface area (Å²) in [5, 5.41) is 12.0. The van der Waals surface area contributed by atoms with Crippen LogP contribution >= 0.6 is 0 Å². The molecule has 0 aliphatic rings. The van der Waals surface area contributed by atoms with Crippen LogP contribution in [0.15, 0.2) is 48.6 Å². The van der Waals surface area contributed by atoms with Crippen molar-refractivity contribution >= 4 is 10.8 Å². The molecule has 0 amide bonds. The maximum Gasteiger partial charge on any atom is 0.126 e. The Morgan fingerprint density at radius 1 is 1.20 bits per heavy atom. The van der Waals surface area contributed by atoms with Gasteiger partial charge < -0.3 is 5.11 Å². The zero-order chi connectivity index (χ0) is 10.8. The summed E-state index contributed by atoms with van der Waals surface area (Å²) in [6.45, 7) is 5.83. The van der Waals surface area contributed by atoms with Crippen LogP contribution in [-0.2, 0) is 6.42 Å². The highest BCUT2D eigenvalue weighted by molar-refractivity contribution is 5.89. The van der Waals surface area contributed by atoms with Gasteiger partial charge in [0.2, 0.25) is 0 Å². The normalized spacial score (nSPS) is 10.5. The van der Waals surface area contributed by atoms with Crippen LogP contribution < -0.4 is 0 Å². The zero-order valence-electron chi connectivity index (χ0n) is 8.83. The molecular formula is C14H14O. The van der Waals surface area contributed by atoms with Crippen molar-refractivity contribution in [3.8, 4) is 5.75 Å². The zero-order valence-corrected chi connectivity index (χ0v) is 8.83. The minimum absolute atomic E-state index is 0.385. The van der Waals surface area contributed by atoms with Crippen molar-refractivity contribution in [1.82, 2.24) is 0 Å². The Morgan fingerprint density at radius 3 is 2.67 bits per heavy atom. The van der Waals surface area contributed by atoms with Gasteiger partial charge in [-0.05, 0) is 24.3 Å². The van der Waals surface area contributed by atoms with Crippen LogP contribution in [0.5, 0.6) is 5.75 Å². The van der Waals surface area contributed by atoms with Gasteiger partial charge in [0.25, 0.3) is 0 Å². The Kier molecular flexibility index (Phi) is 2.46. The Hall–Kier alpha value is -1.76. The monoisotopic (exact) mass is 198 g/mol. The van der Waals surface area contributed by atoms with E-state index in [0.29, 0.717) is 5.75 Å². The van der Waals surface area contributed by atoms with E-state index in [1.807, 2.05) is 43.3 Å². The topological polar surface area (TPSA) is 20.2 Å². The predicted octanol–water partition coefficient (Wildman–Crippen LogP) is 3.66. The molecule has 0 saturated carbocycles. The first-order valence-corrected chi connectivity index (χ1v) is 5.02. The highest BCUT2D eigenvalue weighted by atomic mass is 16.3. The summed E-state index contributed by atoms with van der Waals surface area (Å²) in [6, 6.07) is 11.8. The summed E-state index contributed by atoms with van der Waals surface area (Å²) in [5.41, 5.74) is 2.00. The SMILES string of the molecule is C=C(C)Cc1ccc2ccccc2c1O. The van der Waals surface area contributed by atoms with Gasteiger partial charge in [-0.2, -0.15) is 0 Å². The maximum atomic E-state index is 10.1. The van der Waals surface area contributed by atoms with Gasteiger partial charge in [0.1, 0.15) is 5.75 Å². The lowest BCUT2D eigenvalue weighted by Crippen LogP contribution is -1.87. The van der Waals surface area contributed by atoms with Crippen LogP contribution in [0.1, 0.15) is 12.5 Å². The third kappa shape index (κ3) is 1.86. The van der Waals surface area contributed by atoms with Gasteiger partial charge in [0, 0.05) is 5.39 Å². The lowest BCUT2D eigenvalue weighted by Gasteiger charge is -2.07. The second kappa shape index (κ2) is 3.77. The number of benzene rings is 2. The molecule has 0 aliphatic carbocycles. The molecule has 0 radical (unpaired) electrons. The molecule has 2 aromatic rings. The van der Waals surface area contributed by atoms with Crippen LogP contribution in [0.3, 0.4) is 0 Å². The molecule has 0 atom stereocenters. The van der Waals surface area contributed by atoms with Crippen LogP contribution in [0.25, 0.3) is 10.8 Å². The van der Waals surface area contributed by atoms with Gasteiger partial charge in [-0.1, -0.05) is 48.6 Å². The Balaban J connectivity index is 2.59. The minimum Gasteiger partial charge on any atom is -0.507 e. The number of phenols is 1. The van der Waals surface area contributed by atoms with E-state index in [-0.39, 0.29) is 0 Å². The van der Waals surface area contributed by atoms with Crippen molar-refractivity contribution in [3.05, 3.63) is 54.1 Å². The molecule has 15 heavy (non-hydrogen) atoms. The van der Waals surface area contributed by atoms with Gasteiger partial charge in [0.15, 0.2) is 0 Å². The number of hydrogen-bond acceptors (Lipinski definition) is 1. The molecule has 1 N–H and O–H groups in total. The molecule has 1 nitrogen and oxygen atoms in total. The van der Waals surface area contributed by atoms with E-state index in [4.69, 9.17) is 0 Å².